The molecule has 2 aliphatic rings. The predicted molar refractivity (Wildman–Crippen MR) is 111 cm³/mol. The number of ketones is 1. The van der Waals surface area contributed by atoms with Crippen LogP contribution in [0, 0.1) is 5.92 Å². The predicted octanol–water partition coefficient (Wildman–Crippen LogP) is 3.27. The molecule has 2 aliphatic heterocycles. The summed E-state index contributed by atoms with van der Waals surface area (Å²) in [4.78, 5) is 42.0. The van der Waals surface area contributed by atoms with Gasteiger partial charge in [-0.2, -0.15) is 0 Å². The summed E-state index contributed by atoms with van der Waals surface area (Å²) in [7, 11) is 0. The van der Waals surface area contributed by atoms with Crippen LogP contribution >= 0.6 is 0 Å². The van der Waals surface area contributed by atoms with Crippen LogP contribution in [0.2, 0.25) is 0 Å². The van der Waals surface area contributed by atoms with Crippen LogP contribution in [0.25, 0.3) is 0 Å². The van der Waals surface area contributed by atoms with Gasteiger partial charge in [0.05, 0.1) is 12.0 Å². The van der Waals surface area contributed by atoms with Crippen molar-refractivity contribution in [1.82, 2.24) is 4.90 Å². The number of amides is 2. The summed E-state index contributed by atoms with van der Waals surface area (Å²) in [5.74, 6) is 0.585. The molecule has 0 N–H and O–H groups in total. The Morgan fingerprint density at radius 3 is 2.57 bits per heavy atom. The third-order valence-corrected chi connectivity index (χ3v) is 5.81. The van der Waals surface area contributed by atoms with Crippen molar-refractivity contribution >= 4 is 23.3 Å². The zero-order valence-corrected chi connectivity index (χ0v) is 17.5. The van der Waals surface area contributed by atoms with Crippen molar-refractivity contribution in [2.45, 2.75) is 39.2 Å². The summed E-state index contributed by atoms with van der Waals surface area (Å²) < 4.78 is 11.1. The fourth-order valence-electron chi connectivity index (χ4n) is 3.91. The molecular formula is C23H26N2O5. The molecule has 1 aromatic carbocycles. The van der Waals surface area contributed by atoms with Crippen molar-refractivity contribution in [3.8, 4) is 5.75 Å². The van der Waals surface area contributed by atoms with Crippen molar-refractivity contribution < 1.29 is 23.5 Å². The maximum Gasteiger partial charge on any atom is 0.271 e. The topological polar surface area (TPSA) is 80.1 Å². The summed E-state index contributed by atoms with van der Waals surface area (Å²) in [6.07, 6.45) is 3.37. The summed E-state index contributed by atoms with van der Waals surface area (Å²) >= 11 is 0. The molecule has 1 fully saturated rings. The molecule has 0 spiro atoms. The molecule has 0 unspecified atom stereocenters. The first-order valence-electron chi connectivity index (χ1n) is 10.3. The minimum Gasteiger partial charge on any atom is -0.476 e. The second-order valence-corrected chi connectivity index (χ2v) is 8.56. The number of carbonyl (C=O) groups is 3. The molecule has 0 bridgehead atoms. The third kappa shape index (κ3) is 3.72. The Bertz CT molecular complexity index is 971. The highest BCUT2D eigenvalue weighted by atomic mass is 16.5. The molecule has 0 radical (unpaired) electrons. The van der Waals surface area contributed by atoms with E-state index in [1.165, 1.54) is 11.2 Å². The van der Waals surface area contributed by atoms with Gasteiger partial charge in [0, 0.05) is 18.7 Å². The highest BCUT2D eigenvalue weighted by Gasteiger charge is 2.42. The lowest BCUT2D eigenvalue weighted by Gasteiger charge is -2.40. The van der Waals surface area contributed by atoms with Crippen LogP contribution in [0.4, 0.5) is 5.69 Å². The largest absolute Gasteiger partial charge is 0.476 e. The maximum absolute atomic E-state index is 13.1. The van der Waals surface area contributed by atoms with Crippen molar-refractivity contribution in [3.63, 3.8) is 0 Å². The maximum atomic E-state index is 13.1. The van der Waals surface area contributed by atoms with Crippen LogP contribution in [0.3, 0.4) is 0 Å². The first kappa shape index (κ1) is 20.2. The Morgan fingerprint density at radius 1 is 1.17 bits per heavy atom. The number of fused-ring (bicyclic) bond motifs is 1. The number of hydrogen-bond donors (Lipinski definition) is 0. The monoisotopic (exact) mass is 410 g/mol. The molecule has 3 heterocycles. The Morgan fingerprint density at radius 2 is 1.90 bits per heavy atom. The highest BCUT2D eigenvalue weighted by molar-refractivity contribution is 6.10. The van der Waals surface area contributed by atoms with Crippen LogP contribution in [-0.4, -0.2) is 47.7 Å². The van der Waals surface area contributed by atoms with Gasteiger partial charge in [-0.05, 0) is 62.9 Å². The fourth-order valence-corrected chi connectivity index (χ4v) is 3.91. The molecule has 158 valence electrons. The number of furan rings is 1. The molecule has 1 aromatic heterocycles. The van der Waals surface area contributed by atoms with Crippen molar-refractivity contribution in [1.29, 1.82) is 0 Å². The van der Waals surface area contributed by atoms with E-state index in [9.17, 15) is 14.4 Å². The Balaban J connectivity index is 1.64. The summed E-state index contributed by atoms with van der Waals surface area (Å²) in [5.41, 5.74) is -0.310. The van der Waals surface area contributed by atoms with E-state index < -0.39 is 5.60 Å². The van der Waals surface area contributed by atoms with Crippen molar-refractivity contribution in [2.24, 2.45) is 5.92 Å². The average molecular weight is 410 g/mol. The molecule has 0 aliphatic carbocycles. The van der Waals surface area contributed by atoms with Crippen LogP contribution in [0.1, 0.15) is 49.7 Å². The zero-order valence-electron chi connectivity index (χ0n) is 17.5. The van der Waals surface area contributed by atoms with Gasteiger partial charge in [0.15, 0.2) is 11.4 Å². The molecule has 30 heavy (non-hydrogen) atoms. The van der Waals surface area contributed by atoms with Gasteiger partial charge < -0.3 is 14.1 Å². The van der Waals surface area contributed by atoms with Gasteiger partial charge in [-0.3, -0.25) is 19.3 Å². The number of nitrogens with zero attached hydrogens (tertiary/aromatic N) is 2. The molecule has 7 nitrogen and oxygen atoms in total. The number of benzene rings is 1. The molecule has 4 rings (SSSR count). The van der Waals surface area contributed by atoms with Gasteiger partial charge in [0.2, 0.25) is 11.7 Å². The van der Waals surface area contributed by atoms with Crippen LogP contribution in [-0.2, 0) is 9.59 Å². The summed E-state index contributed by atoms with van der Waals surface area (Å²) in [6, 6.07) is 8.14. The smallest absolute Gasteiger partial charge is 0.271 e. The summed E-state index contributed by atoms with van der Waals surface area (Å²) in [5, 5.41) is 0. The average Bonchev–Trinajstić information content (AvgIpc) is 3.25. The van der Waals surface area contributed by atoms with Gasteiger partial charge in [0.1, 0.15) is 12.3 Å². The second kappa shape index (κ2) is 7.63. The van der Waals surface area contributed by atoms with Gasteiger partial charge in [0.25, 0.3) is 5.91 Å². The lowest BCUT2D eigenvalue weighted by molar-refractivity contribution is -0.137. The van der Waals surface area contributed by atoms with E-state index in [4.69, 9.17) is 9.15 Å². The van der Waals surface area contributed by atoms with Crippen LogP contribution < -0.4 is 9.64 Å². The molecule has 0 atom stereocenters. The first-order chi connectivity index (χ1) is 14.3. The van der Waals surface area contributed by atoms with Crippen molar-refractivity contribution in [2.75, 3.05) is 24.5 Å². The van der Waals surface area contributed by atoms with E-state index in [0.29, 0.717) is 36.0 Å². The van der Waals surface area contributed by atoms with Gasteiger partial charge in [-0.1, -0.05) is 6.92 Å². The quantitative estimate of drug-likeness (QED) is 0.723. The van der Waals surface area contributed by atoms with E-state index in [-0.39, 0.29) is 29.9 Å². The Kier molecular flexibility index (Phi) is 5.13. The normalized spacial score (nSPS) is 18.7. The number of rotatable bonds is 4. The Hall–Kier alpha value is -3.09. The SMILES string of the molecule is CC1CCN(C(=O)CN2C(=O)C(C)(C)Oc3ccc(C(=O)c4ccco4)cc32)CC1. The van der Waals surface area contributed by atoms with Crippen LogP contribution in [0.5, 0.6) is 5.75 Å². The molecule has 1 saturated heterocycles. The highest BCUT2D eigenvalue weighted by Crippen LogP contribution is 2.39. The summed E-state index contributed by atoms with van der Waals surface area (Å²) in [6.45, 7) is 6.87. The van der Waals surface area contributed by atoms with Crippen LogP contribution in [0.15, 0.2) is 41.0 Å². The van der Waals surface area contributed by atoms with Gasteiger partial charge in [-0.15, -0.1) is 0 Å². The number of hydrogen-bond acceptors (Lipinski definition) is 5. The molecule has 0 saturated carbocycles. The molecule has 2 amide bonds. The number of ether oxygens (including phenoxy) is 1. The van der Waals surface area contributed by atoms with E-state index in [0.717, 1.165) is 12.8 Å². The number of piperidine rings is 1. The van der Waals surface area contributed by atoms with E-state index in [1.807, 2.05) is 4.90 Å². The van der Waals surface area contributed by atoms with Gasteiger partial charge in [-0.25, -0.2) is 0 Å². The van der Waals surface area contributed by atoms with E-state index >= 15 is 0 Å². The lowest BCUT2D eigenvalue weighted by atomic mass is 9.99. The zero-order chi connectivity index (χ0) is 21.5. The fraction of sp³-hybridized carbons (Fsp3) is 0.435. The minimum atomic E-state index is -1.10. The number of carbonyl (C=O) groups excluding carboxylic acids is 3. The number of likely N-dealkylation sites (tertiary alicyclic amines) is 1. The standard InChI is InChI=1S/C23H26N2O5/c1-15-8-10-24(11-9-15)20(26)14-25-17-13-16(21(27)19-5-4-12-29-19)6-7-18(17)30-23(2,3)22(25)28/h4-7,12-13,15H,8-11,14H2,1-3H3. The van der Waals surface area contributed by atoms with E-state index in [2.05, 4.69) is 6.92 Å². The number of anilines is 1. The molecule has 2 aromatic rings. The van der Waals surface area contributed by atoms with Crippen molar-refractivity contribution in [3.05, 3.63) is 47.9 Å². The third-order valence-electron chi connectivity index (χ3n) is 5.81. The Labute approximate surface area is 175 Å². The lowest BCUT2D eigenvalue weighted by Crippen LogP contribution is -2.55. The molecule has 7 heteroatoms. The van der Waals surface area contributed by atoms with E-state index in [1.54, 1.807) is 44.2 Å². The first-order valence-corrected chi connectivity index (χ1v) is 10.3. The van der Waals surface area contributed by atoms with Gasteiger partial charge >= 0.3 is 0 Å². The minimum absolute atomic E-state index is 0.0780. The second-order valence-electron chi connectivity index (χ2n) is 8.56. The molecular weight excluding hydrogens is 384 g/mol.